The van der Waals surface area contributed by atoms with Gasteiger partial charge in [-0.05, 0) is 0 Å². The van der Waals surface area contributed by atoms with Crippen molar-refractivity contribution in [2.75, 3.05) is 0 Å². The Balaban J connectivity index is 2.72. The van der Waals surface area contributed by atoms with Gasteiger partial charge in [0.15, 0.2) is 6.54 Å². The van der Waals surface area contributed by atoms with Gasteiger partial charge in [-0.3, -0.25) is 0 Å². The van der Waals surface area contributed by atoms with E-state index in [1.165, 1.54) is 0 Å². The average Bonchev–Trinajstić information content (AvgIpc) is 1.91. The van der Waals surface area contributed by atoms with E-state index in [1.54, 1.807) is 0 Å². The predicted octanol–water partition coefficient (Wildman–Crippen LogP) is 0.289. The van der Waals surface area contributed by atoms with Crippen LogP contribution in [0.2, 0.25) is 0 Å². The Morgan fingerprint density at radius 3 is 2.44 bits per heavy atom. The van der Waals surface area contributed by atoms with E-state index in [9.17, 15) is 0 Å². The molecule has 2 heteroatoms. The van der Waals surface area contributed by atoms with Crippen molar-refractivity contribution >= 4 is 0 Å². The Morgan fingerprint density at radius 2 is 1.89 bits per heavy atom. The van der Waals surface area contributed by atoms with Crippen molar-refractivity contribution in [3.05, 3.63) is 41.4 Å². The van der Waals surface area contributed by atoms with Crippen molar-refractivity contribution in [3.8, 4) is 0 Å². The van der Waals surface area contributed by atoms with E-state index >= 15 is 0 Å². The lowest BCUT2D eigenvalue weighted by Gasteiger charge is -1.89. The van der Waals surface area contributed by atoms with Crippen LogP contribution in [0.4, 0.5) is 0 Å². The number of benzene rings is 1. The summed E-state index contributed by atoms with van der Waals surface area (Å²) >= 11 is 0. The zero-order valence-corrected chi connectivity index (χ0v) is 5.04. The Morgan fingerprint density at radius 1 is 1.22 bits per heavy atom. The third-order valence-corrected chi connectivity index (χ3v) is 1.13. The van der Waals surface area contributed by atoms with E-state index < -0.39 is 0 Å². The van der Waals surface area contributed by atoms with Crippen LogP contribution in [0.25, 0.3) is 5.53 Å². The van der Waals surface area contributed by atoms with Gasteiger partial charge < -0.3 is 10.6 Å². The molecule has 0 saturated carbocycles. The lowest BCUT2D eigenvalue weighted by molar-refractivity contribution is -0.498. The second kappa shape index (κ2) is 2.97. The molecular formula is C7H8N2. The van der Waals surface area contributed by atoms with Crippen LogP contribution in [0.15, 0.2) is 30.3 Å². The summed E-state index contributed by atoms with van der Waals surface area (Å²) in [7, 11) is 0. The molecule has 2 nitrogen and oxygen atoms in total. The summed E-state index contributed by atoms with van der Waals surface area (Å²) < 4.78 is 0. The molecule has 0 aliphatic rings. The molecule has 0 unspecified atom stereocenters. The Labute approximate surface area is 54.0 Å². The molecule has 0 amide bonds. The van der Waals surface area contributed by atoms with Crippen LogP contribution in [-0.4, -0.2) is 0 Å². The molecule has 0 heterocycles. The maximum atomic E-state index is 8.27. The van der Waals surface area contributed by atoms with Crippen LogP contribution in [0.1, 0.15) is 5.56 Å². The smallest absolute Gasteiger partial charge is 0.155 e. The Kier molecular flexibility index (Phi) is 1.96. The van der Waals surface area contributed by atoms with Gasteiger partial charge in [0.1, 0.15) is 0 Å². The first-order valence-corrected chi connectivity index (χ1v) is 2.84. The number of rotatable bonds is 2. The van der Waals surface area contributed by atoms with Crippen LogP contribution in [0.3, 0.4) is 0 Å². The molecule has 1 N–H and O–H groups in total. The fourth-order valence-electron chi connectivity index (χ4n) is 0.687. The molecule has 1 rings (SSSR count). The van der Waals surface area contributed by atoms with Gasteiger partial charge in [-0.25, -0.2) is 0 Å². The zero-order valence-electron chi connectivity index (χ0n) is 5.04. The van der Waals surface area contributed by atoms with Crippen molar-refractivity contribution in [1.82, 2.24) is 0 Å². The summed E-state index contributed by atoms with van der Waals surface area (Å²) in [5.41, 5.74) is 9.35. The predicted molar refractivity (Wildman–Crippen MR) is 34.5 cm³/mol. The molecular weight excluding hydrogens is 112 g/mol. The molecule has 0 radical (unpaired) electrons. The van der Waals surface area contributed by atoms with Gasteiger partial charge >= 0.3 is 0 Å². The molecule has 0 saturated heterocycles. The maximum Gasteiger partial charge on any atom is 0.155 e. The van der Waals surface area contributed by atoms with Gasteiger partial charge in [0.25, 0.3) is 0 Å². The van der Waals surface area contributed by atoms with Crippen molar-refractivity contribution < 1.29 is 5.11 Å². The van der Waals surface area contributed by atoms with Crippen molar-refractivity contribution in [2.45, 2.75) is 6.54 Å². The SMILES string of the molecule is [N-]=[NH+]Cc1ccccc1. The average molecular weight is 120 g/mol. The molecule has 0 atom stereocenters. The van der Waals surface area contributed by atoms with Crippen molar-refractivity contribution in [1.29, 1.82) is 0 Å². The minimum absolute atomic E-state index is 0.515. The minimum atomic E-state index is 0.515. The second-order valence-electron chi connectivity index (χ2n) is 1.82. The first kappa shape index (κ1) is 5.95. The number of hydrogen-bond acceptors (Lipinski definition) is 0. The quantitative estimate of drug-likeness (QED) is 0.544. The maximum absolute atomic E-state index is 8.27. The highest BCUT2D eigenvalue weighted by atomic mass is 14.9. The molecule has 0 spiro atoms. The van der Waals surface area contributed by atoms with Crippen LogP contribution in [0, 0.1) is 0 Å². The summed E-state index contributed by atoms with van der Waals surface area (Å²) in [6, 6.07) is 9.71. The molecule has 0 fully saturated rings. The molecule has 0 aliphatic carbocycles. The van der Waals surface area contributed by atoms with E-state index in [-0.39, 0.29) is 0 Å². The third-order valence-electron chi connectivity index (χ3n) is 1.13. The van der Waals surface area contributed by atoms with Crippen molar-refractivity contribution in [2.24, 2.45) is 0 Å². The highest BCUT2D eigenvalue weighted by Gasteiger charge is 1.85. The van der Waals surface area contributed by atoms with Gasteiger partial charge in [0, 0.05) is 5.56 Å². The number of nitrogens with zero attached hydrogens (tertiary/aromatic N) is 1. The van der Waals surface area contributed by atoms with Gasteiger partial charge in [-0.15, -0.1) is 0 Å². The summed E-state index contributed by atoms with van der Waals surface area (Å²) in [6.45, 7) is 0.515. The summed E-state index contributed by atoms with van der Waals surface area (Å²) in [4.78, 5) is 0. The van der Waals surface area contributed by atoms with Crippen LogP contribution in [0.5, 0.6) is 0 Å². The molecule has 0 bridgehead atoms. The van der Waals surface area contributed by atoms with E-state index in [0.29, 0.717) is 6.54 Å². The molecule has 9 heavy (non-hydrogen) atoms. The lowest BCUT2D eigenvalue weighted by atomic mass is 10.2. The summed E-state index contributed by atoms with van der Waals surface area (Å²) in [5.74, 6) is 0. The van der Waals surface area contributed by atoms with E-state index in [2.05, 4.69) is 5.11 Å². The lowest BCUT2D eigenvalue weighted by Crippen LogP contribution is -2.60. The fourth-order valence-corrected chi connectivity index (χ4v) is 0.687. The molecule has 46 valence electrons. The second-order valence-corrected chi connectivity index (χ2v) is 1.82. The van der Waals surface area contributed by atoms with E-state index in [0.717, 1.165) is 5.56 Å². The summed E-state index contributed by atoms with van der Waals surface area (Å²) in [5, 5.41) is 2.08. The summed E-state index contributed by atoms with van der Waals surface area (Å²) in [6.07, 6.45) is 0. The van der Waals surface area contributed by atoms with Crippen LogP contribution >= 0.6 is 0 Å². The molecule has 1 aromatic rings. The molecule has 0 aromatic heterocycles. The van der Waals surface area contributed by atoms with Crippen molar-refractivity contribution in [3.63, 3.8) is 0 Å². The van der Waals surface area contributed by atoms with Crippen LogP contribution < -0.4 is 5.11 Å². The monoisotopic (exact) mass is 120 g/mol. The standard InChI is InChI=1S/C7H8N2/c8-9-6-7-4-2-1-3-5-7/h1-5,9H,6H2. The van der Waals surface area contributed by atoms with Gasteiger partial charge in [0.05, 0.1) is 0 Å². The normalized spacial score (nSPS) is 8.89. The highest BCUT2D eigenvalue weighted by Crippen LogP contribution is 1.93. The third kappa shape index (κ3) is 1.64. The van der Waals surface area contributed by atoms with Gasteiger partial charge in [0.2, 0.25) is 0 Å². The number of nitrogens with one attached hydrogen (secondary N) is 1. The zero-order chi connectivity index (χ0) is 6.53. The topological polar surface area (TPSA) is 36.3 Å². The minimum Gasteiger partial charge on any atom is -0.508 e. The van der Waals surface area contributed by atoms with Crippen LogP contribution in [-0.2, 0) is 6.54 Å². The van der Waals surface area contributed by atoms with Gasteiger partial charge in [-0.1, -0.05) is 30.3 Å². The molecule has 1 aromatic carbocycles. The van der Waals surface area contributed by atoms with Gasteiger partial charge in [-0.2, -0.15) is 0 Å². The fraction of sp³-hybridized carbons (Fsp3) is 0.143. The Bertz CT molecular complexity index is 181. The first-order valence-electron chi connectivity index (χ1n) is 2.84. The highest BCUT2D eigenvalue weighted by molar-refractivity contribution is 5.12. The van der Waals surface area contributed by atoms with E-state index in [4.69, 9.17) is 5.53 Å². The van der Waals surface area contributed by atoms with E-state index in [1.807, 2.05) is 30.3 Å². The largest absolute Gasteiger partial charge is 0.508 e. The first-order chi connectivity index (χ1) is 4.43. The Hall–Kier alpha value is -1.18. The molecule has 0 aliphatic heterocycles. The number of hydrogen-bond donors (Lipinski definition) is 1.